The van der Waals surface area contributed by atoms with Crippen molar-refractivity contribution in [2.75, 3.05) is 13.1 Å². The smallest absolute Gasteiger partial charge is 0.246 e. The summed E-state index contributed by atoms with van der Waals surface area (Å²) in [5.74, 6) is 0. The quantitative estimate of drug-likeness (QED) is 0.854. The average molecular weight is 347 g/mol. The van der Waals surface area contributed by atoms with Crippen molar-refractivity contribution in [3.8, 4) is 0 Å². The highest BCUT2D eigenvalue weighted by Crippen LogP contribution is 2.31. The van der Waals surface area contributed by atoms with E-state index in [2.05, 4.69) is 5.10 Å². The van der Waals surface area contributed by atoms with E-state index < -0.39 is 10.0 Å². The predicted molar refractivity (Wildman–Crippen MR) is 94.5 cm³/mol. The highest BCUT2D eigenvalue weighted by atomic mass is 32.2. The van der Waals surface area contributed by atoms with E-state index in [1.54, 1.807) is 15.2 Å². The van der Waals surface area contributed by atoms with Gasteiger partial charge in [0.2, 0.25) is 10.0 Å². The maximum Gasteiger partial charge on any atom is 0.246 e. The number of hydrogen-bond acceptors (Lipinski definition) is 3. The molecule has 1 aliphatic heterocycles. The number of hydrogen-bond donors (Lipinski definition) is 0. The average Bonchev–Trinajstić information content (AvgIpc) is 3.17. The van der Waals surface area contributed by atoms with Gasteiger partial charge in [-0.05, 0) is 18.4 Å². The van der Waals surface area contributed by atoms with Gasteiger partial charge in [-0.25, -0.2) is 8.42 Å². The first-order valence-corrected chi connectivity index (χ1v) is 9.84. The molecule has 5 nitrogen and oxygen atoms in total. The zero-order chi connectivity index (χ0) is 17.4. The third-order valence-electron chi connectivity index (χ3n) is 4.31. The molecule has 0 amide bonds. The van der Waals surface area contributed by atoms with Gasteiger partial charge in [-0.1, -0.05) is 51.1 Å². The van der Waals surface area contributed by atoms with Gasteiger partial charge in [-0.15, -0.1) is 0 Å². The zero-order valence-electron chi connectivity index (χ0n) is 14.6. The lowest BCUT2D eigenvalue weighted by molar-refractivity contribution is 0.471. The number of rotatable bonds is 4. The van der Waals surface area contributed by atoms with Gasteiger partial charge in [0, 0.05) is 24.7 Å². The summed E-state index contributed by atoms with van der Waals surface area (Å²) in [6.45, 7) is 7.80. The third kappa shape index (κ3) is 3.39. The van der Waals surface area contributed by atoms with Crippen molar-refractivity contribution in [1.82, 2.24) is 14.1 Å². The fourth-order valence-electron chi connectivity index (χ4n) is 3.03. The second kappa shape index (κ2) is 6.33. The Hall–Kier alpha value is -1.66. The lowest BCUT2D eigenvalue weighted by Crippen LogP contribution is -2.29. The van der Waals surface area contributed by atoms with Crippen molar-refractivity contribution in [2.45, 2.75) is 50.5 Å². The van der Waals surface area contributed by atoms with Gasteiger partial charge in [0.25, 0.3) is 0 Å². The molecule has 0 unspecified atom stereocenters. The van der Waals surface area contributed by atoms with Crippen molar-refractivity contribution in [3.05, 3.63) is 47.8 Å². The maximum absolute atomic E-state index is 13.0. The maximum atomic E-state index is 13.0. The Morgan fingerprint density at radius 3 is 2.29 bits per heavy atom. The van der Waals surface area contributed by atoms with Crippen molar-refractivity contribution >= 4 is 10.0 Å². The lowest BCUT2D eigenvalue weighted by Gasteiger charge is -2.20. The largest absolute Gasteiger partial charge is 0.267 e. The minimum Gasteiger partial charge on any atom is -0.267 e. The van der Waals surface area contributed by atoms with E-state index in [-0.39, 0.29) is 5.41 Å². The van der Waals surface area contributed by atoms with Crippen LogP contribution < -0.4 is 0 Å². The van der Waals surface area contributed by atoms with Crippen LogP contribution in [0, 0.1) is 0 Å². The van der Waals surface area contributed by atoms with Gasteiger partial charge in [0.1, 0.15) is 4.90 Å². The molecule has 130 valence electrons. The van der Waals surface area contributed by atoms with E-state index in [1.807, 2.05) is 51.1 Å². The van der Waals surface area contributed by atoms with Gasteiger partial charge < -0.3 is 0 Å². The minimum absolute atomic E-state index is 0.329. The standard InChI is InChI=1S/C18H25N3O2S/c1-18(2,3)17-16(24(22,23)21-11-7-8-12-21)14-20(19-17)13-15-9-5-4-6-10-15/h4-6,9-10,14H,7-8,11-13H2,1-3H3. The summed E-state index contributed by atoms with van der Waals surface area (Å²) < 4.78 is 29.4. The van der Waals surface area contributed by atoms with E-state index >= 15 is 0 Å². The SMILES string of the molecule is CC(C)(C)c1nn(Cc2ccccc2)cc1S(=O)(=O)N1CCCC1. The number of sulfonamides is 1. The number of nitrogens with zero attached hydrogens (tertiary/aromatic N) is 3. The van der Waals surface area contributed by atoms with Gasteiger partial charge in [-0.3, -0.25) is 4.68 Å². The Labute approximate surface area is 144 Å². The molecular formula is C18H25N3O2S. The van der Waals surface area contributed by atoms with E-state index in [0.29, 0.717) is 30.2 Å². The van der Waals surface area contributed by atoms with Crippen LogP contribution in [0.3, 0.4) is 0 Å². The summed E-state index contributed by atoms with van der Waals surface area (Å²) in [6.07, 6.45) is 3.56. The van der Waals surface area contributed by atoms with Gasteiger partial charge in [0.05, 0.1) is 12.2 Å². The van der Waals surface area contributed by atoms with Crippen molar-refractivity contribution < 1.29 is 8.42 Å². The minimum atomic E-state index is -3.47. The molecule has 24 heavy (non-hydrogen) atoms. The van der Waals surface area contributed by atoms with Crippen molar-refractivity contribution in [3.63, 3.8) is 0 Å². The molecule has 1 fully saturated rings. The van der Waals surface area contributed by atoms with Crippen LogP contribution in [0.2, 0.25) is 0 Å². The fourth-order valence-corrected chi connectivity index (χ4v) is 4.89. The highest BCUT2D eigenvalue weighted by molar-refractivity contribution is 7.89. The van der Waals surface area contributed by atoms with Crippen LogP contribution in [-0.2, 0) is 22.0 Å². The Kier molecular flexibility index (Phi) is 4.53. The topological polar surface area (TPSA) is 55.2 Å². The molecule has 2 heterocycles. The van der Waals surface area contributed by atoms with E-state index in [4.69, 9.17) is 0 Å². The molecular weight excluding hydrogens is 322 g/mol. The number of aromatic nitrogens is 2. The lowest BCUT2D eigenvalue weighted by atomic mass is 9.92. The van der Waals surface area contributed by atoms with Crippen LogP contribution in [0.15, 0.2) is 41.4 Å². The second-order valence-corrected chi connectivity index (χ2v) is 9.29. The summed E-state index contributed by atoms with van der Waals surface area (Å²) >= 11 is 0. The first-order valence-electron chi connectivity index (χ1n) is 8.40. The Balaban J connectivity index is 2.01. The first-order chi connectivity index (χ1) is 11.3. The Morgan fingerprint density at radius 2 is 1.71 bits per heavy atom. The van der Waals surface area contributed by atoms with Crippen LogP contribution in [-0.4, -0.2) is 35.6 Å². The molecule has 0 saturated carbocycles. The van der Waals surface area contributed by atoms with Crippen LogP contribution in [0.5, 0.6) is 0 Å². The molecule has 0 aliphatic carbocycles. The van der Waals surface area contributed by atoms with Crippen LogP contribution in [0.1, 0.15) is 44.9 Å². The molecule has 1 aromatic heterocycles. The Bertz CT molecular complexity index is 799. The molecule has 3 rings (SSSR count). The van der Waals surface area contributed by atoms with Crippen LogP contribution in [0.25, 0.3) is 0 Å². The molecule has 1 aliphatic rings. The normalized spacial score (nSPS) is 16.6. The summed E-state index contributed by atoms with van der Waals surface area (Å²) in [5.41, 5.74) is 1.42. The summed E-state index contributed by atoms with van der Waals surface area (Å²) in [4.78, 5) is 0.354. The predicted octanol–water partition coefficient (Wildman–Crippen LogP) is 3.01. The highest BCUT2D eigenvalue weighted by Gasteiger charge is 2.35. The first kappa shape index (κ1) is 17.2. The Morgan fingerprint density at radius 1 is 1.08 bits per heavy atom. The van der Waals surface area contributed by atoms with Gasteiger partial charge in [0.15, 0.2) is 0 Å². The molecule has 0 atom stereocenters. The van der Waals surface area contributed by atoms with Gasteiger partial charge >= 0.3 is 0 Å². The molecule has 1 aromatic carbocycles. The van der Waals surface area contributed by atoms with Crippen LogP contribution in [0.4, 0.5) is 0 Å². The second-order valence-electron chi connectivity index (χ2n) is 7.39. The molecule has 2 aromatic rings. The zero-order valence-corrected chi connectivity index (χ0v) is 15.4. The monoisotopic (exact) mass is 347 g/mol. The molecule has 0 N–H and O–H groups in total. The third-order valence-corrected chi connectivity index (χ3v) is 6.21. The summed E-state index contributed by atoms with van der Waals surface area (Å²) in [5, 5.41) is 4.63. The van der Waals surface area contributed by atoms with E-state index in [9.17, 15) is 8.42 Å². The van der Waals surface area contributed by atoms with Crippen molar-refractivity contribution in [2.24, 2.45) is 0 Å². The molecule has 1 saturated heterocycles. The summed E-state index contributed by atoms with van der Waals surface area (Å²) in [6, 6.07) is 9.97. The van der Waals surface area contributed by atoms with Crippen LogP contribution >= 0.6 is 0 Å². The molecule has 0 radical (unpaired) electrons. The van der Waals surface area contributed by atoms with E-state index in [0.717, 1.165) is 18.4 Å². The number of benzene rings is 1. The van der Waals surface area contributed by atoms with E-state index in [1.165, 1.54) is 0 Å². The fraction of sp³-hybridized carbons (Fsp3) is 0.500. The van der Waals surface area contributed by atoms with Crippen molar-refractivity contribution in [1.29, 1.82) is 0 Å². The molecule has 0 spiro atoms. The summed E-state index contributed by atoms with van der Waals surface area (Å²) in [7, 11) is -3.47. The molecule has 0 bridgehead atoms. The van der Waals surface area contributed by atoms with Gasteiger partial charge in [-0.2, -0.15) is 9.40 Å². The molecule has 6 heteroatoms.